The molecule has 0 radical (unpaired) electrons. The maximum atomic E-state index is 12.1. The Labute approximate surface area is 121 Å². The molecule has 20 heavy (non-hydrogen) atoms. The normalized spacial score (nSPS) is 11.5. The van der Waals surface area contributed by atoms with Crippen molar-refractivity contribution in [2.45, 2.75) is 26.1 Å². The van der Waals surface area contributed by atoms with Crippen molar-refractivity contribution in [3.05, 3.63) is 22.7 Å². The topological polar surface area (TPSA) is 30.5 Å². The van der Waals surface area contributed by atoms with Crippen LogP contribution in [0.4, 0.5) is 13.2 Å². The van der Waals surface area contributed by atoms with Gasteiger partial charge in [-0.3, -0.25) is 0 Å². The van der Waals surface area contributed by atoms with Crippen LogP contribution in [0, 0.1) is 0 Å². The first kappa shape index (κ1) is 16.9. The molecule has 0 spiro atoms. The molecule has 0 aliphatic heterocycles. The third kappa shape index (κ3) is 5.46. The van der Waals surface area contributed by atoms with Crippen molar-refractivity contribution in [3.8, 4) is 11.5 Å². The van der Waals surface area contributed by atoms with E-state index < -0.39 is 19.2 Å². The standard InChI is InChI=1S/C13H17ClF3NO2/c1-3-18-8-9-6-10(14)12(11(7-9)19-2)20-5-4-13(15,16)17/h6-7,18H,3-5,8H2,1-2H3. The lowest BCUT2D eigenvalue weighted by atomic mass is 10.2. The minimum atomic E-state index is -4.26. The van der Waals surface area contributed by atoms with Crippen molar-refractivity contribution in [1.29, 1.82) is 0 Å². The Morgan fingerprint density at radius 2 is 2.00 bits per heavy atom. The summed E-state index contributed by atoms with van der Waals surface area (Å²) in [5.74, 6) is 0.464. The van der Waals surface area contributed by atoms with Gasteiger partial charge in [0, 0.05) is 6.54 Å². The Hall–Kier alpha value is -1.14. The van der Waals surface area contributed by atoms with Crippen LogP contribution in [-0.2, 0) is 6.54 Å². The van der Waals surface area contributed by atoms with Gasteiger partial charge in [-0.2, -0.15) is 13.2 Å². The van der Waals surface area contributed by atoms with E-state index in [4.69, 9.17) is 21.1 Å². The van der Waals surface area contributed by atoms with Crippen LogP contribution in [0.1, 0.15) is 18.9 Å². The Morgan fingerprint density at radius 1 is 1.30 bits per heavy atom. The van der Waals surface area contributed by atoms with Crippen LogP contribution >= 0.6 is 11.6 Å². The summed E-state index contributed by atoms with van der Waals surface area (Å²) in [6, 6.07) is 3.34. The molecule has 7 heteroatoms. The van der Waals surface area contributed by atoms with E-state index in [1.807, 2.05) is 6.92 Å². The van der Waals surface area contributed by atoms with Crippen LogP contribution in [0.5, 0.6) is 11.5 Å². The lowest BCUT2D eigenvalue weighted by Crippen LogP contribution is -2.14. The molecule has 0 bridgehead atoms. The fraction of sp³-hybridized carbons (Fsp3) is 0.538. The maximum Gasteiger partial charge on any atom is 0.392 e. The Bertz CT molecular complexity index is 438. The van der Waals surface area contributed by atoms with Crippen LogP contribution in [0.3, 0.4) is 0 Å². The molecule has 1 N–H and O–H groups in total. The Balaban J connectivity index is 2.79. The molecule has 0 aromatic heterocycles. The van der Waals surface area contributed by atoms with E-state index in [0.29, 0.717) is 12.3 Å². The van der Waals surface area contributed by atoms with Gasteiger partial charge in [-0.25, -0.2) is 0 Å². The van der Waals surface area contributed by atoms with E-state index in [0.717, 1.165) is 12.1 Å². The maximum absolute atomic E-state index is 12.1. The molecule has 0 unspecified atom stereocenters. The first-order valence-electron chi connectivity index (χ1n) is 6.14. The highest BCUT2D eigenvalue weighted by molar-refractivity contribution is 6.32. The van der Waals surface area contributed by atoms with E-state index in [-0.39, 0.29) is 10.8 Å². The lowest BCUT2D eigenvalue weighted by molar-refractivity contribution is -0.139. The zero-order valence-corrected chi connectivity index (χ0v) is 12.1. The van der Waals surface area contributed by atoms with E-state index in [1.54, 1.807) is 12.1 Å². The molecule has 0 aliphatic carbocycles. The second kappa shape index (κ2) is 7.59. The summed E-state index contributed by atoms with van der Waals surface area (Å²) in [4.78, 5) is 0. The number of rotatable bonds is 7. The van der Waals surface area contributed by atoms with Gasteiger partial charge in [-0.15, -0.1) is 0 Å². The minimum absolute atomic E-state index is 0.138. The number of alkyl halides is 3. The third-order valence-corrected chi connectivity index (χ3v) is 2.78. The van der Waals surface area contributed by atoms with Crippen LogP contribution in [0.15, 0.2) is 12.1 Å². The Kier molecular flexibility index (Phi) is 6.42. The zero-order valence-electron chi connectivity index (χ0n) is 11.3. The van der Waals surface area contributed by atoms with Crippen molar-refractivity contribution >= 4 is 11.6 Å². The van der Waals surface area contributed by atoms with Crippen LogP contribution in [0.25, 0.3) is 0 Å². The molecule has 1 rings (SSSR count). The molecule has 0 heterocycles. The fourth-order valence-corrected chi connectivity index (χ4v) is 1.84. The van der Waals surface area contributed by atoms with Gasteiger partial charge in [0.15, 0.2) is 11.5 Å². The summed E-state index contributed by atoms with van der Waals surface area (Å²) in [5, 5.41) is 3.36. The highest BCUT2D eigenvalue weighted by Gasteiger charge is 2.27. The summed E-state index contributed by atoms with van der Waals surface area (Å²) in [7, 11) is 1.42. The quantitative estimate of drug-likeness (QED) is 0.831. The highest BCUT2D eigenvalue weighted by atomic mass is 35.5. The van der Waals surface area contributed by atoms with Gasteiger partial charge < -0.3 is 14.8 Å². The summed E-state index contributed by atoms with van der Waals surface area (Å²) in [6.45, 7) is 2.86. The molecule has 0 saturated heterocycles. The van der Waals surface area contributed by atoms with Crippen LogP contribution < -0.4 is 14.8 Å². The van der Waals surface area contributed by atoms with E-state index >= 15 is 0 Å². The van der Waals surface area contributed by atoms with Crippen LogP contribution in [-0.4, -0.2) is 26.4 Å². The number of hydrogen-bond donors (Lipinski definition) is 1. The predicted octanol–water partition coefficient (Wildman–Crippen LogP) is 3.79. The molecule has 1 aromatic rings. The average molecular weight is 312 g/mol. The average Bonchev–Trinajstić information content (AvgIpc) is 2.36. The van der Waals surface area contributed by atoms with Crippen molar-refractivity contribution in [2.75, 3.05) is 20.3 Å². The molecule has 0 fully saturated rings. The number of ether oxygens (including phenoxy) is 2. The Morgan fingerprint density at radius 3 is 2.55 bits per heavy atom. The van der Waals surface area contributed by atoms with Gasteiger partial charge in [0.25, 0.3) is 0 Å². The fourth-order valence-electron chi connectivity index (χ4n) is 1.55. The third-order valence-electron chi connectivity index (χ3n) is 2.50. The zero-order chi connectivity index (χ0) is 15.2. The van der Waals surface area contributed by atoms with Crippen molar-refractivity contribution in [2.24, 2.45) is 0 Å². The molecule has 0 amide bonds. The molecular formula is C13H17ClF3NO2. The molecule has 0 aliphatic rings. The van der Waals surface area contributed by atoms with E-state index in [1.165, 1.54) is 7.11 Å². The molecule has 0 atom stereocenters. The van der Waals surface area contributed by atoms with Gasteiger partial charge >= 0.3 is 6.18 Å². The molecule has 0 saturated carbocycles. The predicted molar refractivity (Wildman–Crippen MR) is 71.6 cm³/mol. The monoisotopic (exact) mass is 311 g/mol. The van der Waals surface area contributed by atoms with Crippen molar-refractivity contribution < 1.29 is 22.6 Å². The summed E-state index contributed by atoms with van der Waals surface area (Å²) >= 11 is 6.03. The smallest absolute Gasteiger partial charge is 0.392 e. The van der Waals surface area contributed by atoms with Crippen LogP contribution in [0.2, 0.25) is 5.02 Å². The first-order chi connectivity index (χ1) is 9.37. The summed E-state index contributed by atoms with van der Waals surface area (Å²) in [5.41, 5.74) is 0.872. The number of hydrogen-bond acceptors (Lipinski definition) is 3. The molecule has 3 nitrogen and oxygen atoms in total. The van der Waals surface area contributed by atoms with Gasteiger partial charge in [0.05, 0.1) is 25.2 Å². The minimum Gasteiger partial charge on any atom is -0.493 e. The first-order valence-corrected chi connectivity index (χ1v) is 6.52. The second-order valence-electron chi connectivity index (χ2n) is 4.10. The summed E-state index contributed by atoms with van der Waals surface area (Å²) < 4.78 is 46.5. The van der Waals surface area contributed by atoms with Gasteiger partial charge in [-0.05, 0) is 24.2 Å². The van der Waals surface area contributed by atoms with Crippen molar-refractivity contribution in [3.63, 3.8) is 0 Å². The highest BCUT2D eigenvalue weighted by Crippen LogP contribution is 2.37. The second-order valence-corrected chi connectivity index (χ2v) is 4.51. The van der Waals surface area contributed by atoms with E-state index in [2.05, 4.69) is 5.32 Å². The summed E-state index contributed by atoms with van der Waals surface area (Å²) in [6.07, 6.45) is -5.30. The SMILES string of the molecule is CCNCc1cc(Cl)c(OCCC(F)(F)F)c(OC)c1. The van der Waals surface area contributed by atoms with Gasteiger partial charge in [0.2, 0.25) is 0 Å². The molecule has 114 valence electrons. The lowest BCUT2D eigenvalue weighted by Gasteiger charge is -2.15. The largest absolute Gasteiger partial charge is 0.493 e. The molecular weight excluding hydrogens is 295 g/mol. The van der Waals surface area contributed by atoms with Gasteiger partial charge in [0.1, 0.15) is 0 Å². The number of benzene rings is 1. The number of halogens is 4. The molecule has 1 aromatic carbocycles. The van der Waals surface area contributed by atoms with E-state index in [9.17, 15) is 13.2 Å². The van der Waals surface area contributed by atoms with Gasteiger partial charge in [-0.1, -0.05) is 18.5 Å². The number of methoxy groups -OCH3 is 1. The number of nitrogens with one attached hydrogen (secondary N) is 1. The van der Waals surface area contributed by atoms with Crippen molar-refractivity contribution in [1.82, 2.24) is 5.32 Å².